The van der Waals surface area contributed by atoms with Crippen LogP contribution in [0.1, 0.15) is 25.0 Å². The van der Waals surface area contributed by atoms with Crippen LogP contribution in [0, 0.1) is 0 Å². The highest BCUT2D eigenvalue weighted by Crippen LogP contribution is 2.47. The molecule has 0 aromatic heterocycles. The Kier molecular flexibility index (Phi) is 4.85. The van der Waals surface area contributed by atoms with Gasteiger partial charge in [-0.05, 0) is 57.6 Å². The first-order valence-corrected chi connectivity index (χ1v) is 9.87. The normalized spacial score (nSPS) is 13.0. The number of nitrogen functional groups attached to an aromatic ring is 2. The first-order valence-electron chi connectivity index (χ1n) is 9.87. The summed E-state index contributed by atoms with van der Waals surface area (Å²) < 4.78 is 0. The fraction of sp³-hybridized carbons (Fsp3) is 0.111. The van der Waals surface area contributed by atoms with Crippen LogP contribution in [0.3, 0.4) is 0 Å². The van der Waals surface area contributed by atoms with Crippen molar-refractivity contribution in [3.63, 3.8) is 0 Å². The van der Waals surface area contributed by atoms with Gasteiger partial charge in [-0.25, -0.2) is 0 Å². The van der Waals surface area contributed by atoms with Crippen molar-refractivity contribution in [2.45, 2.75) is 19.3 Å². The Morgan fingerprint density at radius 1 is 0.483 bits per heavy atom. The van der Waals surface area contributed by atoms with E-state index >= 15 is 0 Å². The molecule has 4 N–H and O–H groups in total. The standard InChI is InChI=1S/C15H14.C12H12N2/c1-15(2)13-9-5-3-7-11(13)12-8-4-6-10-14(12)15;13-11-5-1-9(2-6-11)10-3-7-12(14)8-4-10/h3-10H,1-2H3;1-8H,13-14H2. The van der Waals surface area contributed by atoms with Crippen molar-refractivity contribution in [1.82, 2.24) is 0 Å². The zero-order chi connectivity index (χ0) is 20.4. The number of hydrogen-bond donors (Lipinski definition) is 2. The molecule has 29 heavy (non-hydrogen) atoms. The summed E-state index contributed by atoms with van der Waals surface area (Å²) in [6.07, 6.45) is 0. The maximum absolute atomic E-state index is 5.61. The van der Waals surface area contributed by atoms with Gasteiger partial charge in [0.15, 0.2) is 0 Å². The SMILES string of the molecule is CC1(C)c2ccccc2-c2ccccc21.Nc1ccc(-c2ccc(N)cc2)cc1. The van der Waals surface area contributed by atoms with E-state index in [2.05, 4.69) is 62.4 Å². The molecule has 0 radical (unpaired) electrons. The van der Waals surface area contributed by atoms with Crippen molar-refractivity contribution in [3.05, 3.63) is 108 Å². The molecule has 0 fully saturated rings. The third kappa shape index (κ3) is 3.62. The number of fused-ring (bicyclic) bond motifs is 3. The molecular formula is C27H26N2. The molecule has 0 spiro atoms. The number of anilines is 2. The van der Waals surface area contributed by atoms with Gasteiger partial charge in [-0.2, -0.15) is 0 Å². The Balaban J connectivity index is 0.000000142. The summed E-state index contributed by atoms with van der Waals surface area (Å²) in [7, 11) is 0. The van der Waals surface area contributed by atoms with Gasteiger partial charge in [-0.1, -0.05) is 86.6 Å². The lowest BCUT2D eigenvalue weighted by Gasteiger charge is -2.20. The average molecular weight is 379 g/mol. The molecule has 2 heteroatoms. The molecule has 144 valence electrons. The molecule has 1 aliphatic carbocycles. The molecule has 4 aromatic rings. The molecule has 0 saturated carbocycles. The van der Waals surface area contributed by atoms with Crippen molar-refractivity contribution >= 4 is 11.4 Å². The molecule has 0 amide bonds. The quantitative estimate of drug-likeness (QED) is 0.371. The lowest BCUT2D eigenvalue weighted by atomic mass is 9.82. The van der Waals surface area contributed by atoms with Crippen LogP contribution in [-0.2, 0) is 5.41 Å². The minimum atomic E-state index is 0.160. The minimum absolute atomic E-state index is 0.160. The molecule has 0 atom stereocenters. The number of nitrogens with two attached hydrogens (primary N) is 2. The van der Waals surface area contributed by atoms with Crippen molar-refractivity contribution in [2.24, 2.45) is 0 Å². The first kappa shape index (κ1) is 18.8. The minimum Gasteiger partial charge on any atom is -0.399 e. The summed E-state index contributed by atoms with van der Waals surface area (Å²) in [5, 5.41) is 0. The second-order valence-corrected chi connectivity index (χ2v) is 7.96. The maximum atomic E-state index is 5.61. The van der Waals surface area contributed by atoms with E-state index in [4.69, 9.17) is 11.5 Å². The van der Waals surface area contributed by atoms with E-state index in [1.807, 2.05) is 48.5 Å². The highest BCUT2D eigenvalue weighted by Gasteiger charge is 2.34. The van der Waals surface area contributed by atoms with Gasteiger partial charge in [-0.3, -0.25) is 0 Å². The van der Waals surface area contributed by atoms with Crippen LogP contribution in [0.4, 0.5) is 11.4 Å². The third-order valence-corrected chi connectivity index (χ3v) is 5.65. The van der Waals surface area contributed by atoms with E-state index in [1.165, 1.54) is 22.3 Å². The molecule has 0 saturated heterocycles. The lowest BCUT2D eigenvalue weighted by molar-refractivity contribution is 0.660. The van der Waals surface area contributed by atoms with Crippen molar-refractivity contribution < 1.29 is 0 Å². The first-order chi connectivity index (χ1) is 14.0. The second kappa shape index (κ2) is 7.48. The Labute approximate surface area is 172 Å². The molecule has 0 unspecified atom stereocenters. The van der Waals surface area contributed by atoms with Gasteiger partial charge >= 0.3 is 0 Å². The van der Waals surface area contributed by atoms with Crippen molar-refractivity contribution in [1.29, 1.82) is 0 Å². The zero-order valence-corrected chi connectivity index (χ0v) is 16.9. The Morgan fingerprint density at radius 3 is 1.21 bits per heavy atom. The van der Waals surface area contributed by atoms with Crippen LogP contribution in [0.25, 0.3) is 22.3 Å². The van der Waals surface area contributed by atoms with Gasteiger partial charge in [0, 0.05) is 16.8 Å². The number of rotatable bonds is 1. The van der Waals surface area contributed by atoms with Crippen molar-refractivity contribution in [2.75, 3.05) is 11.5 Å². The molecule has 0 bridgehead atoms. The molecule has 2 nitrogen and oxygen atoms in total. The summed E-state index contributed by atoms with van der Waals surface area (Å²) in [4.78, 5) is 0. The molecule has 1 aliphatic rings. The van der Waals surface area contributed by atoms with E-state index < -0.39 is 0 Å². The van der Waals surface area contributed by atoms with E-state index in [9.17, 15) is 0 Å². The van der Waals surface area contributed by atoms with E-state index in [0.717, 1.165) is 22.5 Å². The maximum Gasteiger partial charge on any atom is 0.0314 e. The van der Waals surface area contributed by atoms with Crippen LogP contribution in [-0.4, -0.2) is 0 Å². The van der Waals surface area contributed by atoms with Crippen molar-refractivity contribution in [3.8, 4) is 22.3 Å². The predicted molar refractivity (Wildman–Crippen MR) is 125 cm³/mol. The van der Waals surface area contributed by atoms with Gasteiger partial charge in [0.05, 0.1) is 0 Å². The summed E-state index contributed by atoms with van der Waals surface area (Å²) >= 11 is 0. The molecule has 4 aromatic carbocycles. The summed E-state index contributed by atoms with van der Waals surface area (Å²) in [5.74, 6) is 0. The highest BCUT2D eigenvalue weighted by molar-refractivity contribution is 5.80. The monoisotopic (exact) mass is 378 g/mol. The smallest absolute Gasteiger partial charge is 0.0314 e. The third-order valence-electron chi connectivity index (χ3n) is 5.65. The molecular weight excluding hydrogens is 352 g/mol. The molecule has 5 rings (SSSR count). The van der Waals surface area contributed by atoms with E-state index in [-0.39, 0.29) is 5.41 Å². The Hall–Kier alpha value is -3.52. The lowest BCUT2D eigenvalue weighted by Crippen LogP contribution is -2.14. The fourth-order valence-corrected chi connectivity index (χ4v) is 4.02. The number of hydrogen-bond acceptors (Lipinski definition) is 2. The summed E-state index contributed by atoms with van der Waals surface area (Å²) in [6, 6.07) is 33.0. The van der Waals surface area contributed by atoms with Crippen LogP contribution in [0.2, 0.25) is 0 Å². The van der Waals surface area contributed by atoms with Crippen LogP contribution in [0.15, 0.2) is 97.1 Å². The van der Waals surface area contributed by atoms with Crippen LogP contribution >= 0.6 is 0 Å². The van der Waals surface area contributed by atoms with Gasteiger partial charge in [0.1, 0.15) is 0 Å². The van der Waals surface area contributed by atoms with Gasteiger partial charge in [-0.15, -0.1) is 0 Å². The van der Waals surface area contributed by atoms with Gasteiger partial charge < -0.3 is 11.5 Å². The van der Waals surface area contributed by atoms with E-state index in [0.29, 0.717) is 0 Å². The zero-order valence-electron chi connectivity index (χ0n) is 16.9. The Bertz CT molecular complexity index is 1030. The van der Waals surface area contributed by atoms with Crippen LogP contribution < -0.4 is 11.5 Å². The highest BCUT2D eigenvalue weighted by atomic mass is 14.5. The summed E-state index contributed by atoms with van der Waals surface area (Å²) in [5.41, 5.74) is 20.9. The topological polar surface area (TPSA) is 52.0 Å². The fourth-order valence-electron chi connectivity index (χ4n) is 4.02. The average Bonchev–Trinajstić information content (AvgIpc) is 2.98. The number of benzene rings is 4. The molecule has 0 heterocycles. The summed E-state index contributed by atoms with van der Waals surface area (Å²) in [6.45, 7) is 4.61. The largest absolute Gasteiger partial charge is 0.399 e. The predicted octanol–water partition coefficient (Wildman–Crippen LogP) is 6.51. The van der Waals surface area contributed by atoms with E-state index in [1.54, 1.807) is 0 Å². The van der Waals surface area contributed by atoms with Crippen LogP contribution in [0.5, 0.6) is 0 Å². The second-order valence-electron chi connectivity index (χ2n) is 7.96. The molecule has 0 aliphatic heterocycles. The van der Waals surface area contributed by atoms with Gasteiger partial charge in [0.25, 0.3) is 0 Å². The Morgan fingerprint density at radius 2 is 0.828 bits per heavy atom. The van der Waals surface area contributed by atoms with Gasteiger partial charge in [0.2, 0.25) is 0 Å².